The second-order valence-electron chi connectivity index (χ2n) is 7.48. The van der Waals surface area contributed by atoms with Crippen LogP contribution >= 0.6 is 0 Å². The first kappa shape index (κ1) is 20.7. The molecule has 1 heterocycles. The Bertz CT molecular complexity index is 869. The molecule has 0 aromatic heterocycles. The molecular formula is C22H30N2O3S. The van der Waals surface area contributed by atoms with Gasteiger partial charge < -0.3 is 10.2 Å². The number of fused-ring (bicyclic) bond motifs is 1. The lowest BCUT2D eigenvalue weighted by Gasteiger charge is -2.27. The molecule has 3 rings (SSSR count). The van der Waals surface area contributed by atoms with Gasteiger partial charge in [-0.3, -0.25) is 4.55 Å². The maximum atomic E-state index is 11.5. The number of nitrogens with zero attached hydrogens (tertiary/aromatic N) is 1. The van der Waals surface area contributed by atoms with Crippen LogP contribution in [-0.4, -0.2) is 19.1 Å². The Morgan fingerprint density at radius 2 is 1.71 bits per heavy atom. The lowest BCUT2D eigenvalue weighted by Crippen LogP contribution is -2.35. The third-order valence-corrected chi connectivity index (χ3v) is 6.15. The van der Waals surface area contributed by atoms with Gasteiger partial charge in [-0.05, 0) is 36.6 Å². The van der Waals surface area contributed by atoms with Crippen LogP contribution in [0.2, 0.25) is 0 Å². The highest BCUT2D eigenvalue weighted by molar-refractivity contribution is 7.85. The predicted molar refractivity (Wildman–Crippen MR) is 114 cm³/mol. The van der Waals surface area contributed by atoms with Crippen molar-refractivity contribution in [1.29, 1.82) is 0 Å². The summed E-state index contributed by atoms with van der Waals surface area (Å²) in [6.07, 6.45) is 8.56. The number of rotatable bonds is 10. The molecule has 5 nitrogen and oxygen atoms in total. The highest BCUT2D eigenvalue weighted by Gasteiger charge is 2.29. The van der Waals surface area contributed by atoms with Gasteiger partial charge >= 0.3 is 0 Å². The molecule has 1 aliphatic rings. The van der Waals surface area contributed by atoms with Crippen molar-refractivity contribution in [2.75, 3.05) is 10.2 Å². The summed E-state index contributed by atoms with van der Waals surface area (Å²) in [6.45, 7) is 2.98. The van der Waals surface area contributed by atoms with Gasteiger partial charge in [0, 0.05) is 6.54 Å². The van der Waals surface area contributed by atoms with E-state index in [0.717, 1.165) is 30.8 Å². The van der Waals surface area contributed by atoms with E-state index in [9.17, 15) is 13.0 Å². The van der Waals surface area contributed by atoms with Crippen LogP contribution in [0.1, 0.15) is 57.4 Å². The van der Waals surface area contributed by atoms with Crippen LogP contribution in [0.25, 0.3) is 0 Å². The molecule has 2 aromatic carbocycles. The Balaban J connectivity index is 1.74. The molecule has 1 unspecified atom stereocenters. The van der Waals surface area contributed by atoms with Gasteiger partial charge in [0.1, 0.15) is 0 Å². The summed E-state index contributed by atoms with van der Waals surface area (Å²) < 4.78 is 32.4. The summed E-state index contributed by atoms with van der Waals surface area (Å²) in [5.41, 5.74) is 2.96. The number of benzene rings is 2. The first-order valence-electron chi connectivity index (χ1n) is 10.2. The fraction of sp³-hybridized carbons (Fsp3) is 0.455. The Hall–Kier alpha value is -2.05. The third-order valence-electron chi connectivity index (χ3n) is 5.30. The van der Waals surface area contributed by atoms with E-state index in [0.29, 0.717) is 0 Å². The first-order chi connectivity index (χ1) is 13.5. The number of nitrogens with one attached hydrogen (secondary N) is 1. The average molecular weight is 403 g/mol. The number of hydrogen-bond donors (Lipinski definition) is 2. The highest BCUT2D eigenvalue weighted by Crippen LogP contribution is 2.38. The molecule has 6 heteroatoms. The average Bonchev–Trinajstić information content (AvgIpc) is 3.01. The van der Waals surface area contributed by atoms with Crippen molar-refractivity contribution >= 4 is 21.5 Å². The van der Waals surface area contributed by atoms with E-state index in [4.69, 9.17) is 0 Å². The molecule has 0 amide bonds. The maximum Gasteiger partial charge on any atom is 0.294 e. The van der Waals surface area contributed by atoms with E-state index in [1.807, 2.05) is 18.2 Å². The topological polar surface area (TPSA) is 69.6 Å². The molecule has 0 bridgehead atoms. The Morgan fingerprint density at radius 1 is 1.00 bits per heavy atom. The van der Waals surface area contributed by atoms with E-state index < -0.39 is 10.1 Å². The molecule has 28 heavy (non-hydrogen) atoms. The molecular weight excluding hydrogens is 372 g/mol. The van der Waals surface area contributed by atoms with Gasteiger partial charge in [0.05, 0.1) is 22.4 Å². The van der Waals surface area contributed by atoms with Gasteiger partial charge in [-0.2, -0.15) is 8.42 Å². The molecule has 1 aliphatic heterocycles. The minimum Gasteiger partial charge on any atom is -0.363 e. The second-order valence-corrected chi connectivity index (χ2v) is 8.91. The minimum absolute atomic E-state index is 0.0707. The van der Waals surface area contributed by atoms with Crippen LogP contribution in [0.3, 0.4) is 0 Å². The summed E-state index contributed by atoms with van der Waals surface area (Å²) >= 11 is 0. The van der Waals surface area contributed by atoms with E-state index in [2.05, 4.69) is 29.3 Å². The van der Waals surface area contributed by atoms with Crippen molar-refractivity contribution in [2.45, 2.75) is 69.5 Å². The largest absolute Gasteiger partial charge is 0.363 e. The normalized spacial score (nSPS) is 16.1. The molecule has 0 fully saturated rings. The lowest BCUT2D eigenvalue weighted by molar-refractivity contribution is 0.483. The fourth-order valence-electron chi connectivity index (χ4n) is 3.79. The summed E-state index contributed by atoms with van der Waals surface area (Å²) in [5.74, 6) is 0. The van der Waals surface area contributed by atoms with Gasteiger partial charge in [-0.15, -0.1) is 0 Å². The van der Waals surface area contributed by atoms with Crippen LogP contribution < -0.4 is 10.2 Å². The monoisotopic (exact) mass is 402 g/mol. The predicted octanol–water partition coefficient (Wildman–Crippen LogP) is 5.44. The quantitative estimate of drug-likeness (QED) is 0.409. The fourth-order valence-corrected chi connectivity index (χ4v) is 4.30. The van der Waals surface area contributed by atoms with Crippen molar-refractivity contribution < 1.29 is 13.0 Å². The molecule has 152 valence electrons. The molecule has 2 aromatic rings. The zero-order chi connectivity index (χ0) is 20.0. The summed E-state index contributed by atoms with van der Waals surface area (Å²) in [6, 6.07) is 15.1. The highest BCUT2D eigenvalue weighted by atomic mass is 32.2. The molecule has 0 saturated carbocycles. The smallest absolute Gasteiger partial charge is 0.294 e. The van der Waals surface area contributed by atoms with Crippen LogP contribution in [-0.2, 0) is 16.7 Å². The van der Waals surface area contributed by atoms with Crippen LogP contribution in [0, 0.1) is 0 Å². The molecule has 1 atom stereocenters. The molecule has 0 radical (unpaired) electrons. The molecule has 2 N–H and O–H groups in total. The second kappa shape index (κ2) is 9.43. The molecule has 0 saturated heterocycles. The summed E-state index contributed by atoms with van der Waals surface area (Å²) in [5, 5.41) is 3.47. The SMILES string of the molecule is CCCCCCCCC1Nc2cc(S(=O)(=O)O)ccc2N1Cc1ccccc1. The van der Waals surface area contributed by atoms with Gasteiger partial charge in [-0.25, -0.2) is 0 Å². The Morgan fingerprint density at radius 3 is 2.43 bits per heavy atom. The number of unbranched alkanes of at least 4 members (excludes halogenated alkanes) is 5. The zero-order valence-electron chi connectivity index (χ0n) is 16.5. The Labute approximate surface area is 168 Å². The third kappa shape index (κ3) is 5.26. The summed E-state index contributed by atoms with van der Waals surface area (Å²) in [7, 11) is -4.21. The van der Waals surface area contributed by atoms with Crippen molar-refractivity contribution in [3.05, 3.63) is 54.1 Å². The molecule has 0 spiro atoms. The van der Waals surface area contributed by atoms with Crippen molar-refractivity contribution in [2.24, 2.45) is 0 Å². The standard InChI is InChI=1S/C22H30N2O3S/c1-2-3-4-5-6-10-13-22-23-20-16-19(28(25,26)27)14-15-21(20)24(22)17-18-11-8-7-9-12-18/h7-9,11-12,14-16,22-23H,2-6,10,13,17H2,1H3,(H,25,26,27). The van der Waals surface area contributed by atoms with Crippen LogP contribution in [0.15, 0.2) is 53.4 Å². The van der Waals surface area contributed by atoms with Crippen molar-refractivity contribution in [3.8, 4) is 0 Å². The van der Waals surface area contributed by atoms with Crippen molar-refractivity contribution in [3.63, 3.8) is 0 Å². The van der Waals surface area contributed by atoms with E-state index >= 15 is 0 Å². The van der Waals surface area contributed by atoms with Crippen molar-refractivity contribution in [1.82, 2.24) is 0 Å². The van der Waals surface area contributed by atoms with Crippen LogP contribution in [0.5, 0.6) is 0 Å². The zero-order valence-corrected chi connectivity index (χ0v) is 17.3. The van der Waals surface area contributed by atoms with E-state index in [1.54, 1.807) is 6.07 Å². The minimum atomic E-state index is -4.21. The van der Waals surface area contributed by atoms with E-state index in [-0.39, 0.29) is 11.1 Å². The van der Waals surface area contributed by atoms with Gasteiger partial charge in [0.2, 0.25) is 0 Å². The van der Waals surface area contributed by atoms with Gasteiger partial charge in [0.25, 0.3) is 10.1 Å². The van der Waals surface area contributed by atoms with Crippen LogP contribution in [0.4, 0.5) is 11.4 Å². The number of hydrogen-bond acceptors (Lipinski definition) is 4. The summed E-state index contributed by atoms with van der Waals surface area (Å²) in [4.78, 5) is 2.23. The van der Waals surface area contributed by atoms with E-state index in [1.165, 1.54) is 49.8 Å². The number of anilines is 2. The molecule has 0 aliphatic carbocycles. The first-order valence-corrected chi connectivity index (χ1v) is 11.6. The van der Waals surface area contributed by atoms with Gasteiger partial charge in [0.15, 0.2) is 0 Å². The Kier molecular flexibility index (Phi) is 6.97. The van der Waals surface area contributed by atoms with Gasteiger partial charge in [-0.1, -0.05) is 69.4 Å². The maximum absolute atomic E-state index is 11.5. The lowest BCUT2D eigenvalue weighted by atomic mass is 10.1.